The van der Waals surface area contributed by atoms with Crippen molar-refractivity contribution in [1.29, 1.82) is 0 Å². The first-order valence-corrected chi connectivity index (χ1v) is 14.6. The molecule has 7 N–H and O–H groups in total. The number of amides is 4. The molecule has 0 bridgehead atoms. The number of carboxylic acids is 1. The Morgan fingerprint density at radius 2 is 1.49 bits per heavy atom. The first-order valence-electron chi connectivity index (χ1n) is 13.2. The van der Waals surface area contributed by atoms with E-state index in [-0.39, 0.29) is 18.8 Å². The molecule has 0 aromatic heterocycles. The van der Waals surface area contributed by atoms with E-state index in [1.165, 1.54) is 11.8 Å². The number of nitrogens with one attached hydrogen (secondary N) is 4. The zero-order valence-electron chi connectivity index (χ0n) is 23.0. The van der Waals surface area contributed by atoms with E-state index in [1.54, 1.807) is 24.3 Å². The van der Waals surface area contributed by atoms with Gasteiger partial charge in [-0.25, -0.2) is 4.79 Å². The van der Waals surface area contributed by atoms with E-state index in [0.717, 1.165) is 5.56 Å². The van der Waals surface area contributed by atoms with E-state index in [4.69, 9.17) is 5.73 Å². The van der Waals surface area contributed by atoms with E-state index in [1.807, 2.05) is 26.2 Å². The quantitative estimate of drug-likeness (QED) is 0.0992. The number of carbonyl (C=O) groups excluding carboxylic acids is 4. The molecular formula is C27H43N5O6S. The van der Waals surface area contributed by atoms with E-state index < -0.39 is 47.9 Å². The Balaban J connectivity index is 3.13. The lowest BCUT2D eigenvalue weighted by molar-refractivity contribution is -0.142. The molecule has 218 valence electrons. The fourth-order valence-electron chi connectivity index (χ4n) is 3.94. The van der Waals surface area contributed by atoms with Crippen LogP contribution < -0.4 is 27.0 Å². The second-order valence-corrected chi connectivity index (χ2v) is 10.7. The fourth-order valence-corrected chi connectivity index (χ4v) is 4.41. The number of rotatable bonds is 20. The van der Waals surface area contributed by atoms with Crippen LogP contribution in [0.25, 0.3) is 0 Å². The van der Waals surface area contributed by atoms with Crippen LogP contribution >= 0.6 is 11.8 Å². The van der Waals surface area contributed by atoms with Crippen molar-refractivity contribution in [3.05, 3.63) is 35.9 Å². The summed E-state index contributed by atoms with van der Waals surface area (Å²) in [6.45, 7) is 4.21. The molecule has 1 aromatic rings. The van der Waals surface area contributed by atoms with Crippen molar-refractivity contribution in [1.82, 2.24) is 21.3 Å². The number of aliphatic carboxylic acids is 1. The Labute approximate surface area is 234 Å². The van der Waals surface area contributed by atoms with Crippen LogP contribution in [0.1, 0.15) is 51.5 Å². The highest BCUT2D eigenvalue weighted by atomic mass is 32.2. The monoisotopic (exact) mass is 565 g/mol. The minimum atomic E-state index is -1.17. The zero-order chi connectivity index (χ0) is 29.2. The van der Waals surface area contributed by atoms with Gasteiger partial charge in [0.25, 0.3) is 0 Å². The molecule has 0 aliphatic rings. The number of carboxylic acid groups (broad SMARTS) is 1. The van der Waals surface area contributed by atoms with E-state index in [2.05, 4.69) is 21.3 Å². The lowest BCUT2D eigenvalue weighted by atomic mass is 10.00. The maximum atomic E-state index is 13.4. The molecule has 1 rings (SSSR count). The van der Waals surface area contributed by atoms with Crippen molar-refractivity contribution in [3.8, 4) is 0 Å². The van der Waals surface area contributed by atoms with E-state index in [0.29, 0.717) is 44.4 Å². The minimum Gasteiger partial charge on any atom is -0.480 e. The van der Waals surface area contributed by atoms with E-state index in [9.17, 15) is 29.1 Å². The highest BCUT2D eigenvalue weighted by Gasteiger charge is 2.31. The highest BCUT2D eigenvalue weighted by Crippen LogP contribution is 2.10. The van der Waals surface area contributed by atoms with Crippen LogP contribution in [-0.4, -0.2) is 77.9 Å². The largest absolute Gasteiger partial charge is 0.480 e. The van der Waals surface area contributed by atoms with E-state index >= 15 is 0 Å². The normalized spacial score (nSPS) is 14.0. The van der Waals surface area contributed by atoms with Gasteiger partial charge in [-0.2, -0.15) is 11.8 Å². The molecule has 39 heavy (non-hydrogen) atoms. The van der Waals surface area contributed by atoms with Crippen molar-refractivity contribution < 1.29 is 29.1 Å². The van der Waals surface area contributed by atoms with Crippen molar-refractivity contribution in [2.24, 2.45) is 11.7 Å². The average Bonchev–Trinajstić information content (AvgIpc) is 2.89. The van der Waals surface area contributed by atoms with Gasteiger partial charge in [-0.3, -0.25) is 19.2 Å². The van der Waals surface area contributed by atoms with Gasteiger partial charge in [-0.05, 0) is 62.1 Å². The van der Waals surface area contributed by atoms with Gasteiger partial charge in [0, 0.05) is 6.42 Å². The molecule has 4 atom stereocenters. The van der Waals surface area contributed by atoms with Gasteiger partial charge in [0.1, 0.15) is 24.2 Å². The number of benzene rings is 1. The molecule has 0 saturated heterocycles. The molecule has 0 radical (unpaired) electrons. The molecule has 0 saturated carbocycles. The van der Waals surface area contributed by atoms with Gasteiger partial charge in [-0.15, -0.1) is 0 Å². The summed E-state index contributed by atoms with van der Waals surface area (Å²) in [5.74, 6) is -2.21. The first-order chi connectivity index (χ1) is 18.6. The van der Waals surface area contributed by atoms with Crippen LogP contribution in [0.2, 0.25) is 0 Å². The summed E-state index contributed by atoms with van der Waals surface area (Å²) in [5, 5.41) is 20.1. The summed E-state index contributed by atoms with van der Waals surface area (Å²) in [4.78, 5) is 62.4. The van der Waals surface area contributed by atoms with Crippen LogP contribution in [0.5, 0.6) is 0 Å². The van der Waals surface area contributed by atoms with Crippen LogP contribution in [0.15, 0.2) is 30.3 Å². The van der Waals surface area contributed by atoms with Crippen molar-refractivity contribution in [2.75, 3.05) is 18.6 Å². The number of carbonyl (C=O) groups is 5. The van der Waals surface area contributed by atoms with Crippen molar-refractivity contribution in [3.63, 3.8) is 0 Å². The van der Waals surface area contributed by atoms with Gasteiger partial charge in [-0.1, -0.05) is 44.2 Å². The average molecular weight is 566 g/mol. The lowest BCUT2D eigenvalue weighted by Crippen LogP contribution is -2.58. The molecule has 0 aliphatic carbocycles. The van der Waals surface area contributed by atoms with Gasteiger partial charge in [0.05, 0.1) is 0 Å². The predicted molar refractivity (Wildman–Crippen MR) is 152 cm³/mol. The Kier molecular flexibility index (Phi) is 16.5. The molecule has 0 fully saturated rings. The van der Waals surface area contributed by atoms with Crippen molar-refractivity contribution in [2.45, 2.75) is 76.5 Å². The third-order valence-electron chi connectivity index (χ3n) is 6.01. The highest BCUT2D eigenvalue weighted by molar-refractivity contribution is 7.98. The third-order valence-corrected chi connectivity index (χ3v) is 6.66. The number of hydrogen-bond acceptors (Lipinski definition) is 7. The van der Waals surface area contributed by atoms with Crippen molar-refractivity contribution >= 4 is 41.9 Å². The SMILES string of the molecule is CSCCC(NC=O)C(=O)NC(CC(C)C)C(=O)NC(Cc1ccccc1)C(=O)NC(CCCCN)C(=O)O. The van der Waals surface area contributed by atoms with Gasteiger partial charge >= 0.3 is 5.97 Å². The predicted octanol–water partition coefficient (Wildman–Crippen LogP) is 0.811. The van der Waals surface area contributed by atoms with Gasteiger partial charge in [0.15, 0.2) is 0 Å². The zero-order valence-corrected chi connectivity index (χ0v) is 23.8. The molecule has 0 heterocycles. The van der Waals surface area contributed by atoms with Gasteiger partial charge in [0.2, 0.25) is 24.1 Å². The molecular weight excluding hydrogens is 522 g/mol. The standard InChI is InChI=1S/C27H43N5O6S/c1-18(2)15-22(31-24(34)20(29-17-33)12-14-39-3)25(35)32-23(16-19-9-5-4-6-10-19)26(36)30-21(27(37)38)11-7-8-13-28/h4-6,9-10,17-18,20-23H,7-8,11-16,28H2,1-3H3,(H,29,33)(H,30,36)(H,31,34)(H,32,35)(H,37,38). The molecule has 1 aromatic carbocycles. The van der Waals surface area contributed by atoms with Crippen LogP contribution in [0.3, 0.4) is 0 Å². The summed E-state index contributed by atoms with van der Waals surface area (Å²) in [6, 6.07) is 5.06. The van der Waals surface area contributed by atoms with Crippen LogP contribution in [-0.2, 0) is 30.4 Å². The number of thioether (sulfide) groups is 1. The number of unbranched alkanes of at least 4 members (excludes halogenated alkanes) is 1. The Morgan fingerprint density at radius 1 is 0.897 bits per heavy atom. The molecule has 0 aliphatic heterocycles. The fraction of sp³-hybridized carbons (Fsp3) is 0.593. The first kappa shape index (κ1) is 33.9. The smallest absolute Gasteiger partial charge is 0.326 e. The minimum absolute atomic E-state index is 0.0325. The second-order valence-electron chi connectivity index (χ2n) is 9.74. The summed E-state index contributed by atoms with van der Waals surface area (Å²) < 4.78 is 0. The number of nitrogens with two attached hydrogens (primary N) is 1. The maximum Gasteiger partial charge on any atom is 0.326 e. The summed E-state index contributed by atoms with van der Waals surface area (Å²) in [7, 11) is 0. The molecule has 12 heteroatoms. The summed E-state index contributed by atoms with van der Waals surface area (Å²) in [5.41, 5.74) is 6.27. The van der Waals surface area contributed by atoms with Crippen LogP contribution in [0, 0.1) is 5.92 Å². The molecule has 0 spiro atoms. The Morgan fingerprint density at radius 3 is 2.05 bits per heavy atom. The molecule has 4 unspecified atom stereocenters. The van der Waals surface area contributed by atoms with Crippen LogP contribution in [0.4, 0.5) is 0 Å². The Hall–Kier alpha value is -3.12. The summed E-state index contributed by atoms with van der Waals surface area (Å²) >= 11 is 1.53. The Bertz CT molecular complexity index is 917. The molecule has 11 nitrogen and oxygen atoms in total. The molecule has 4 amide bonds. The van der Waals surface area contributed by atoms with Gasteiger partial charge < -0.3 is 32.1 Å². The second kappa shape index (κ2) is 19.0. The third kappa shape index (κ3) is 13.5. The summed E-state index contributed by atoms with van der Waals surface area (Å²) in [6.07, 6.45) is 4.50. The lowest BCUT2D eigenvalue weighted by Gasteiger charge is -2.26. The maximum absolute atomic E-state index is 13.4. The number of hydrogen-bond donors (Lipinski definition) is 6. The topological polar surface area (TPSA) is 180 Å².